The number of hydrogen-bond donors (Lipinski definition) is 2. The zero-order chi connectivity index (χ0) is 11.3. The summed E-state index contributed by atoms with van der Waals surface area (Å²) in [7, 11) is 3.04. The Morgan fingerprint density at radius 3 is 2.87 bits per heavy atom. The molecule has 1 heterocycles. The lowest BCUT2D eigenvalue weighted by Crippen LogP contribution is -2.24. The van der Waals surface area contributed by atoms with Gasteiger partial charge in [-0.1, -0.05) is 11.6 Å². The lowest BCUT2D eigenvalue weighted by molar-refractivity contribution is -0.0914. The summed E-state index contributed by atoms with van der Waals surface area (Å²) in [5, 5.41) is 8.78. The second-order valence-corrected chi connectivity index (χ2v) is 3.09. The van der Waals surface area contributed by atoms with Crippen molar-refractivity contribution in [3.05, 3.63) is 21.6 Å². The van der Waals surface area contributed by atoms with Crippen molar-refractivity contribution in [2.24, 2.45) is 0 Å². The van der Waals surface area contributed by atoms with Gasteiger partial charge in [0.15, 0.2) is 6.29 Å². The van der Waals surface area contributed by atoms with Crippen molar-refractivity contribution in [1.82, 2.24) is 10.2 Å². The van der Waals surface area contributed by atoms with Crippen LogP contribution >= 0.6 is 11.6 Å². The normalized spacial score (nSPS) is 10.7. The lowest BCUT2D eigenvalue weighted by Gasteiger charge is -2.14. The molecule has 0 radical (unpaired) electrons. The molecule has 1 aromatic rings. The average molecular weight is 234 g/mol. The highest BCUT2D eigenvalue weighted by Crippen LogP contribution is 2.14. The highest BCUT2D eigenvalue weighted by atomic mass is 35.5. The Bertz CT molecular complexity index is 364. The number of hydrogen-bond acceptors (Lipinski definition) is 5. The number of H-pyrrole nitrogens is 1. The van der Waals surface area contributed by atoms with E-state index in [1.54, 1.807) is 0 Å². The first-order valence-corrected chi connectivity index (χ1v) is 4.59. The molecule has 0 amide bonds. The standard InChI is InChI=1S/C8H12ClN3O3/c1-14-6(15-2)4-10-5-3-11-12-8(13)7(5)9/h3,6H,4H2,1-2H3,(H2,10,12,13). The van der Waals surface area contributed by atoms with Crippen molar-refractivity contribution < 1.29 is 9.47 Å². The summed E-state index contributed by atoms with van der Waals surface area (Å²) < 4.78 is 9.91. The number of aromatic nitrogens is 2. The molecule has 0 unspecified atom stereocenters. The number of halogens is 1. The first-order valence-electron chi connectivity index (χ1n) is 4.21. The lowest BCUT2D eigenvalue weighted by atomic mass is 10.4. The summed E-state index contributed by atoms with van der Waals surface area (Å²) in [5.41, 5.74) is 0.00701. The van der Waals surface area contributed by atoms with Gasteiger partial charge in [0.05, 0.1) is 18.4 Å². The second kappa shape index (κ2) is 5.69. The first-order chi connectivity index (χ1) is 7.19. The summed E-state index contributed by atoms with van der Waals surface area (Å²) >= 11 is 5.74. The van der Waals surface area contributed by atoms with E-state index < -0.39 is 11.8 Å². The summed E-state index contributed by atoms with van der Waals surface area (Å²) in [6, 6.07) is 0. The molecule has 84 valence electrons. The average Bonchev–Trinajstić information content (AvgIpc) is 2.25. The monoisotopic (exact) mass is 233 g/mol. The van der Waals surface area contributed by atoms with E-state index in [0.29, 0.717) is 12.2 Å². The molecule has 0 atom stereocenters. The molecule has 0 saturated heterocycles. The van der Waals surface area contributed by atoms with Gasteiger partial charge in [-0.2, -0.15) is 5.10 Å². The third-order valence-electron chi connectivity index (χ3n) is 1.78. The third-order valence-corrected chi connectivity index (χ3v) is 2.16. The molecule has 0 aliphatic heterocycles. The van der Waals surface area contributed by atoms with E-state index in [4.69, 9.17) is 21.1 Å². The van der Waals surface area contributed by atoms with Crippen molar-refractivity contribution in [3.8, 4) is 0 Å². The predicted molar refractivity (Wildman–Crippen MR) is 56.2 cm³/mol. The van der Waals surface area contributed by atoms with E-state index in [9.17, 15) is 4.79 Å². The minimum absolute atomic E-state index is 0.0657. The molecule has 0 saturated carbocycles. The van der Waals surface area contributed by atoms with Crippen LogP contribution in [0.5, 0.6) is 0 Å². The van der Waals surface area contributed by atoms with Gasteiger partial charge in [0, 0.05) is 14.2 Å². The van der Waals surface area contributed by atoms with Gasteiger partial charge in [0.1, 0.15) is 5.02 Å². The summed E-state index contributed by atoms with van der Waals surface area (Å²) in [6.07, 6.45) is 1.02. The Morgan fingerprint density at radius 1 is 1.60 bits per heavy atom. The quantitative estimate of drug-likeness (QED) is 0.723. The maximum Gasteiger partial charge on any atom is 0.285 e. The molecule has 1 aromatic heterocycles. The van der Waals surface area contributed by atoms with Gasteiger partial charge in [-0.25, -0.2) is 5.10 Å². The van der Waals surface area contributed by atoms with Gasteiger partial charge < -0.3 is 14.8 Å². The molecule has 0 aromatic carbocycles. The van der Waals surface area contributed by atoms with Crippen LogP contribution in [0.15, 0.2) is 11.0 Å². The Labute approximate surface area is 91.5 Å². The van der Waals surface area contributed by atoms with Crippen LogP contribution in [-0.2, 0) is 9.47 Å². The Hall–Kier alpha value is -1.11. The molecular formula is C8H12ClN3O3. The summed E-state index contributed by atoms with van der Waals surface area (Å²) in [6.45, 7) is 0.373. The van der Waals surface area contributed by atoms with Crippen LogP contribution in [0.4, 0.5) is 5.69 Å². The number of aromatic amines is 1. The fourth-order valence-corrected chi connectivity index (χ4v) is 1.12. The van der Waals surface area contributed by atoms with E-state index in [2.05, 4.69) is 15.5 Å². The number of methoxy groups -OCH3 is 2. The Morgan fingerprint density at radius 2 is 2.27 bits per heavy atom. The van der Waals surface area contributed by atoms with Crippen LogP contribution in [0.1, 0.15) is 0 Å². The van der Waals surface area contributed by atoms with E-state index in [1.165, 1.54) is 20.4 Å². The van der Waals surface area contributed by atoms with Crippen LogP contribution in [-0.4, -0.2) is 37.3 Å². The van der Waals surface area contributed by atoms with Gasteiger partial charge >= 0.3 is 0 Å². The molecule has 1 rings (SSSR count). The highest BCUT2D eigenvalue weighted by Gasteiger charge is 2.08. The smallest absolute Gasteiger partial charge is 0.285 e. The van der Waals surface area contributed by atoms with Crippen molar-refractivity contribution in [3.63, 3.8) is 0 Å². The largest absolute Gasteiger partial charge is 0.377 e. The van der Waals surface area contributed by atoms with Crippen molar-refractivity contribution >= 4 is 17.3 Å². The molecule has 7 heteroatoms. The molecule has 6 nitrogen and oxygen atoms in total. The van der Waals surface area contributed by atoms with E-state index in [-0.39, 0.29) is 5.02 Å². The minimum Gasteiger partial charge on any atom is -0.377 e. The maximum absolute atomic E-state index is 11.1. The fraction of sp³-hybridized carbons (Fsp3) is 0.500. The second-order valence-electron chi connectivity index (χ2n) is 2.71. The van der Waals surface area contributed by atoms with Crippen molar-refractivity contribution in [2.75, 3.05) is 26.1 Å². The molecule has 0 bridgehead atoms. The van der Waals surface area contributed by atoms with Gasteiger partial charge in [0.2, 0.25) is 0 Å². The molecule has 2 N–H and O–H groups in total. The predicted octanol–water partition coefficient (Wildman–Crippen LogP) is 0.454. The maximum atomic E-state index is 11.1. The molecule has 0 spiro atoms. The number of nitrogens with one attached hydrogen (secondary N) is 2. The topological polar surface area (TPSA) is 76.2 Å². The van der Waals surface area contributed by atoms with Crippen molar-refractivity contribution in [2.45, 2.75) is 6.29 Å². The van der Waals surface area contributed by atoms with E-state index >= 15 is 0 Å². The van der Waals surface area contributed by atoms with E-state index in [1.807, 2.05) is 0 Å². The SMILES string of the molecule is COC(CNc1cn[nH]c(=O)c1Cl)OC. The van der Waals surface area contributed by atoms with Crippen LogP contribution in [0, 0.1) is 0 Å². The highest BCUT2D eigenvalue weighted by molar-refractivity contribution is 6.32. The van der Waals surface area contributed by atoms with Crippen molar-refractivity contribution in [1.29, 1.82) is 0 Å². The Kier molecular flexibility index (Phi) is 4.54. The molecule has 0 aliphatic rings. The van der Waals surface area contributed by atoms with Crippen LogP contribution in [0.2, 0.25) is 5.02 Å². The number of nitrogens with zero attached hydrogens (tertiary/aromatic N) is 1. The van der Waals surface area contributed by atoms with Gasteiger partial charge in [-0.3, -0.25) is 4.79 Å². The first kappa shape index (κ1) is 12.0. The van der Waals surface area contributed by atoms with Gasteiger partial charge in [-0.05, 0) is 0 Å². The summed E-state index contributed by atoms with van der Waals surface area (Å²) in [5.74, 6) is 0. The van der Waals surface area contributed by atoms with Gasteiger partial charge in [-0.15, -0.1) is 0 Å². The van der Waals surface area contributed by atoms with Crippen LogP contribution in [0.25, 0.3) is 0 Å². The molecule has 15 heavy (non-hydrogen) atoms. The number of anilines is 1. The van der Waals surface area contributed by atoms with Crippen LogP contribution < -0.4 is 10.9 Å². The number of ether oxygens (including phenoxy) is 2. The molecule has 0 aliphatic carbocycles. The number of rotatable bonds is 5. The minimum atomic E-state index is -0.437. The van der Waals surface area contributed by atoms with Gasteiger partial charge in [0.25, 0.3) is 5.56 Å². The fourth-order valence-electron chi connectivity index (χ4n) is 0.963. The summed E-state index contributed by atoms with van der Waals surface area (Å²) in [4.78, 5) is 11.1. The zero-order valence-corrected chi connectivity index (χ0v) is 9.17. The van der Waals surface area contributed by atoms with E-state index in [0.717, 1.165) is 0 Å². The molecular weight excluding hydrogens is 222 g/mol. The van der Waals surface area contributed by atoms with Crippen LogP contribution in [0.3, 0.4) is 0 Å². The zero-order valence-electron chi connectivity index (χ0n) is 8.41. The third kappa shape index (κ3) is 3.19. The Balaban J connectivity index is 2.65. The molecule has 0 fully saturated rings.